The fraction of sp³-hybridized carbons (Fsp3) is 1.00. The second-order valence-electron chi connectivity index (χ2n) is 5.62. The maximum Gasteiger partial charge on any atom is 0.102 e. The fourth-order valence-corrected chi connectivity index (χ4v) is 3.77. The van der Waals surface area contributed by atoms with Crippen LogP contribution in [0, 0.1) is 0 Å². The molecule has 0 atom stereocenters. The lowest BCUT2D eigenvalue weighted by Gasteiger charge is -2.45. The summed E-state index contributed by atoms with van der Waals surface area (Å²) in [6.45, 7) is 7.17. The van der Waals surface area contributed by atoms with Crippen molar-refractivity contribution in [1.29, 1.82) is 0 Å². The number of rotatable bonds is 5. The van der Waals surface area contributed by atoms with Gasteiger partial charge in [-0.25, -0.2) is 0 Å². The summed E-state index contributed by atoms with van der Waals surface area (Å²) in [7, 11) is 0. The van der Waals surface area contributed by atoms with E-state index in [4.69, 9.17) is 5.11 Å². The van der Waals surface area contributed by atoms with Crippen LogP contribution in [0.25, 0.3) is 0 Å². The van der Waals surface area contributed by atoms with Crippen LogP contribution < -0.4 is 0 Å². The van der Waals surface area contributed by atoms with Gasteiger partial charge in [0.05, 0.1) is 32.3 Å². The largest absolute Gasteiger partial charge is 0.395 e. The average Bonchev–Trinajstić information content (AvgIpc) is 2.81. The minimum absolute atomic E-state index is 0.279. The summed E-state index contributed by atoms with van der Waals surface area (Å²) in [6.07, 6.45) is 5.13. The second kappa shape index (κ2) is 6.14. The fourth-order valence-electron chi connectivity index (χ4n) is 3.77. The van der Waals surface area contributed by atoms with Crippen LogP contribution >= 0.6 is 0 Å². The van der Waals surface area contributed by atoms with Crippen molar-refractivity contribution in [1.82, 2.24) is 4.90 Å². The monoisotopic (exact) mass is 243 g/mol. The lowest BCUT2D eigenvalue weighted by molar-refractivity contribution is -0.941. The Morgan fingerprint density at radius 3 is 2.18 bits per heavy atom. The molecule has 0 bridgehead atoms. The minimum Gasteiger partial charge on any atom is -0.395 e. The van der Waals surface area contributed by atoms with Gasteiger partial charge in [0, 0.05) is 45.3 Å². The predicted octanol–water partition coefficient (Wildman–Crippen LogP) is 0.0460. The summed E-state index contributed by atoms with van der Waals surface area (Å²) >= 11 is 0. The zero-order chi connectivity index (χ0) is 12.1. The van der Waals surface area contributed by atoms with Crippen molar-refractivity contribution in [3.8, 4) is 0 Å². The number of hydrogen-bond acceptors (Lipinski definition) is 3. The van der Waals surface area contributed by atoms with E-state index in [0.717, 1.165) is 32.2 Å². The molecule has 4 nitrogen and oxygen atoms in total. The first kappa shape index (κ1) is 13.3. The zero-order valence-electron chi connectivity index (χ0n) is 10.9. The third kappa shape index (κ3) is 2.99. The van der Waals surface area contributed by atoms with Crippen LogP contribution in [-0.2, 0) is 0 Å². The summed E-state index contributed by atoms with van der Waals surface area (Å²) in [5.74, 6) is 0. The van der Waals surface area contributed by atoms with Crippen LogP contribution in [0.2, 0.25) is 0 Å². The van der Waals surface area contributed by atoms with Gasteiger partial charge < -0.3 is 19.6 Å². The molecule has 0 unspecified atom stereocenters. The van der Waals surface area contributed by atoms with Crippen molar-refractivity contribution in [2.24, 2.45) is 0 Å². The molecule has 2 fully saturated rings. The number of β-amino-alcohol motifs (C(OH)–C–C–N with tert-alkyl or cyclic N) is 1. The van der Waals surface area contributed by atoms with Crippen molar-refractivity contribution in [3.63, 3.8) is 0 Å². The molecule has 4 heteroatoms. The summed E-state index contributed by atoms with van der Waals surface area (Å²) < 4.78 is 1.17. The lowest BCUT2D eigenvalue weighted by Crippen LogP contribution is -2.58. The average molecular weight is 243 g/mol. The maximum atomic E-state index is 9.30. The van der Waals surface area contributed by atoms with Crippen LogP contribution in [0.5, 0.6) is 0 Å². The van der Waals surface area contributed by atoms with Gasteiger partial charge >= 0.3 is 0 Å². The maximum absolute atomic E-state index is 9.30. The predicted molar refractivity (Wildman–Crippen MR) is 67.7 cm³/mol. The summed E-state index contributed by atoms with van der Waals surface area (Å²) in [4.78, 5) is 2.36. The third-order valence-electron chi connectivity index (χ3n) is 4.75. The second-order valence-corrected chi connectivity index (χ2v) is 5.62. The summed E-state index contributed by atoms with van der Waals surface area (Å²) in [6, 6.07) is 0.750. The van der Waals surface area contributed by atoms with Gasteiger partial charge in [-0.3, -0.25) is 0 Å². The molecule has 17 heavy (non-hydrogen) atoms. The topological polar surface area (TPSA) is 43.7 Å². The van der Waals surface area contributed by atoms with Gasteiger partial charge in [0.1, 0.15) is 6.54 Å². The Hall–Kier alpha value is -0.160. The molecular weight excluding hydrogens is 216 g/mol. The highest BCUT2D eigenvalue weighted by atomic mass is 16.3. The van der Waals surface area contributed by atoms with Crippen molar-refractivity contribution in [3.05, 3.63) is 0 Å². The normalized spacial score (nSPS) is 26.5. The smallest absolute Gasteiger partial charge is 0.102 e. The van der Waals surface area contributed by atoms with E-state index in [9.17, 15) is 5.11 Å². The number of aliphatic hydroxyl groups is 2. The summed E-state index contributed by atoms with van der Waals surface area (Å²) in [5.41, 5.74) is 0. The number of hydrogen-bond donors (Lipinski definition) is 2. The standard InChI is InChI=1S/C13H27N2O2/c16-11-7-14-5-3-13(4-6-14)15(10-12-17)8-1-2-9-15/h13,16-17H,1-12H2/q+1. The number of piperidine rings is 1. The molecule has 100 valence electrons. The van der Waals surface area contributed by atoms with E-state index in [1.807, 2.05) is 0 Å². The van der Waals surface area contributed by atoms with E-state index < -0.39 is 0 Å². The molecule has 0 aliphatic carbocycles. The van der Waals surface area contributed by atoms with Crippen LogP contribution in [0.3, 0.4) is 0 Å². The molecule has 0 radical (unpaired) electrons. The molecule has 2 aliphatic heterocycles. The van der Waals surface area contributed by atoms with Gasteiger partial charge in [-0.05, 0) is 0 Å². The first-order valence-electron chi connectivity index (χ1n) is 7.10. The van der Waals surface area contributed by atoms with Gasteiger partial charge in [0.2, 0.25) is 0 Å². The number of quaternary nitrogens is 1. The molecule has 2 aliphatic rings. The van der Waals surface area contributed by atoms with Gasteiger partial charge in [-0.2, -0.15) is 0 Å². The van der Waals surface area contributed by atoms with E-state index in [0.29, 0.717) is 6.61 Å². The first-order chi connectivity index (χ1) is 8.30. The summed E-state index contributed by atoms with van der Waals surface area (Å²) in [5, 5.41) is 18.3. The highest BCUT2D eigenvalue weighted by Gasteiger charge is 2.40. The molecule has 0 spiro atoms. The Balaban J connectivity index is 1.89. The van der Waals surface area contributed by atoms with Gasteiger partial charge in [0.15, 0.2) is 0 Å². The van der Waals surface area contributed by atoms with Gasteiger partial charge in [-0.15, -0.1) is 0 Å². The zero-order valence-corrected chi connectivity index (χ0v) is 10.9. The minimum atomic E-state index is 0.279. The SMILES string of the molecule is OCCN1CCC([N+]2(CCO)CCCC2)CC1. The number of likely N-dealkylation sites (tertiary alicyclic amines) is 2. The molecule has 2 heterocycles. The Morgan fingerprint density at radius 1 is 1.00 bits per heavy atom. The quantitative estimate of drug-likeness (QED) is 0.671. The molecule has 0 saturated carbocycles. The van der Waals surface area contributed by atoms with E-state index in [1.54, 1.807) is 0 Å². The van der Waals surface area contributed by atoms with Gasteiger partial charge in [-0.1, -0.05) is 0 Å². The third-order valence-corrected chi connectivity index (χ3v) is 4.75. The highest BCUT2D eigenvalue weighted by molar-refractivity contribution is 4.75. The molecule has 0 aromatic rings. The van der Waals surface area contributed by atoms with Gasteiger partial charge in [0.25, 0.3) is 0 Å². The van der Waals surface area contributed by atoms with Crippen molar-refractivity contribution in [2.45, 2.75) is 31.7 Å². The van der Waals surface area contributed by atoms with Crippen LogP contribution in [-0.4, -0.2) is 78.1 Å². The van der Waals surface area contributed by atoms with E-state index in [2.05, 4.69) is 4.90 Å². The van der Waals surface area contributed by atoms with Crippen molar-refractivity contribution in [2.75, 3.05) is 52.5 Å². The molecule has 2 N–H and O–H groups in total. The Labute approximate surface area is 104 Å². The lowest BCUT2D eigenvalue weighted by atomic mass is 10.0. The molecule has 2 rings (SSSR count). The Morgan fingerprint density at radius 2 is 1.65 bits per heavy atom. The van der Waals surface area contributed by atoms with E-state index in [-0.39, 0.29) is 6.61 Å². The molecule has 0 amide bonds. The van der Waals surface area contributed by atoms with Crippen molar-refractivity contribution >= 4 is 0 Å². The Bertz CT molecular complexity index is 221. The first-order valence-corrected chi connectivity index (χ1v) is 7.10. The van der Waals surface area contributed by atoms with Crippen LogP contribution in [0.15, 0.2) is 0 Å². The van der Waals surface area contributed by atoms with Crippen molar-refractivity contribution < 1.29 is 14.7 Å². The molecule has 0 aromatic carbocycles. The van der Waals surface area contributed by atoms with Crippen LogP contribution in [0.1, 0.15) is 25.7 Å². The van der Waals surface area contributed by atoms with Crippen LogP contribution in [0.4, 0.5) is 0 Å². The van der Waals surface area contributed by atoms with E-state index in [1.165, 1.54) is 43.3 Å². The molecule has 0 aromatic heterocycles. The Kier molecular flexibility index (Phi) is 4.79. The van der Waals surface area contributed by atoms with E-state index >= 15 is 0 Å². The number of nitrogens with zero attached hydrogens (tertiary/aromatic N) is 2. The molecule has 2 saturated heterocycles. The number of aliphatic hydroxyl groups excluding tert-OH is 2. The highest BCUT2D eigenvalue weighted by Crippen LogP contribution is 2.29. The molecular formula is C13H27N2O2+.